The van der Waals surface area contributed by atoms with E-state index in [1.54, 1.807) is 11.8 Å². The molecular weight excluding hydrogens is 320 g/mol. The van der Waals surface area contributed by atoms with Crippen LogP contribution in [0.4, 0.5) is 0 Å². The number of nitrogens with zero attached hydrogens (tertiary/aromatic N) is 3. The summed E-state index contributed by atoms with van der Waals surface area (Å²) in [7, 11) is 1.65. The van der Waals surface area contributed by atoms with E-state index >= 15 is 0 Å². The molecule has 7 nitrogen and oxygen atoms in total. The highest BCUT2D eigenvalue weighted by Crippen LogP contribution is 2.18. The smallest absolute Gasteiger partial charge is 0.223 e. The van der Waals surface area contributed by atoms with Gasteiger partial charge in [-0.1, -0.05) is 17.3 Å². The molecule has 1 amide bonds. The fourth-order valence-electron chi connectivity index (χ4n) is 2.88. The molecule has 0 saturated heterocycles. The second kappa shape index (κ2) is 8.62. The Balaban J connectivity index is 1.70. The Hall–Kier alpha value is -2.41. The fraction of sp³-hybridized carbons (Fsp3) is 0.500. The Bertz CT molecular complexity index is 684. The molecule has 0 unspecified atom stereocenters. The zero-order valence-electron chi connectivity index (χ0n) is 14.5. The van der Waals surface area contributed by atoms with Crippen LogP contribution in [0, 0.1) is 5.92 Å². The summed E-state index contributed by atoms with van der Waals surface area (Å²) in [5.74, 6) is 0.788. The van der Waals surface area contributed by atoms with Crippen LogP contribution in [0.2, 0.25) is 0 Å². The standard InChI is InChI=1S/C18H24N4O3/c1-24-17-5-3-14(4-6-17)11-15-7-9-22-12-16(20-21-22)13-25-10-2-8-19-18(15)23/h3-6,12,15H,2,7-11,13H2,1H3,(H,19,23)/t15-/m1/s1. The number of aromatic nitrogens is 3. The first-order valence-electron chi connectivity index (χ1n) is 8.62. The van der Waals surface area contributed by atoms with Crippen LogP contribution in [-0.2, 0) is 29.1 Å². The Labute approximate surface area is 147 Å². The zero-order chi connectivity index (χ0) is 17.5. The molecule has 1 N–H and O–H groups in total. The summed E-state index contributed by atoms with van der Waals surface area (Å²) >= 11 is 0. The van der Waals surface area contributed by atoms with E-state index in [2.05, 4.69) is 15.6 Å². The van der Waals surface area contributed by atoms with Crippen molar-refractivity contribution in [2.75, 3.05) is 20.3 Å². The number of amides is 1. The van der Waals surface area contributed by atoms with Crippen molar-refractivity contribution in [1.82, 2.24) is 20.3 Å². The second-order valence-electron chi connectivity index (χ2n) is 6.21. The molecular formula is C18H24N4O3. The zero-order valence-corrected chi connectivity index (χ0v) is 14.5. The minimum Gasteiger partial charge on any atom is -0.497 e. The molecule has 25 heavy (non-hydrogen) atoms. The van der Waals surface area contributed by atoms with Gasteiger partial charge in [-0.25, -0.2) is 0 Å². The lowest BCUT2D eigenvalue weighted by atomic mass is 9.95. The molecule has 0 fully saturated rings. The van der Waals surface area contributed by atoms with Crippen LogP contribution in [0.3, 0.4) is 0 Å². The van der Waals surface area contributed by atoms with Gasteiger partial charge in [0.1, 0.15) is 11.4 Å². The van der Waals surface area contributed by atoms with Crippen LogP contribution < -0.4 is 10.1 Å². The van der Waals surface area contributed by atoms with Gasteiger partial charge in [0.05, 0.1) is 19.9 Å². The molecule has 1 aromatic carbocycles. The van der Waals surface area contributed by atoms with Gasteiger partial charge in [0.2, 0.25) is 5.91 Å². The van der Waals surface area contributed by atoms with E-state index in [0.717, 1.165) is 23.4 Å². The van der Waals surface area contributed by atoms with Crippen molar-refractivity contribution in [1.29, 1.82) is 0 Å². The van der Waals surface area contributed by atoms with Crippen molar-refractivity contribution in [2.45, 2.75) is 32.4 Å². The Morgan fingerprint density at radius 2 is 2.20 bits per heavy atom. The summed E-state index contributed by atoms with van der Waals surface area (Å²) in [5.41, 5.74) is 1.94. The number of nitrogens with one attached hydrogen (secondary N) is 1. The van der Waals surface area contributed by atoms with Crippen molar-refractivity contribution in [3.63, 3.8) is 0 Å². The van der Waals surface area contributed by atoms with Crippen molar-refractivity contribution in [2.24, 2.45) is 5.92 Å². The van der Waals surface area contributed by atoms with Crippen molar-refractivity contribution >= 4 is 5.91 Å². The molecule has 1 aliphatic heterocycles. The second-order valence-corrected chi connectivity index (χ2v) is 6.21. The van der Waals surface area contributed by atoms with Crippen molar-refractivity contribution < 1.29 is 14.3 Å². The normalized spacial score (nSPS) is 19.2. The molecule has 1 aromatic heterocycles. The highest BCUT2D eigenvalue weighted by atomic mass is 16.5. The molecule has 2 heterocycles. The summed E-state index contributed by atoms with van der Waals surface area (Å²) in [4.78, 5) is 12.6. The average molecular weight is 344 g/mol. The molecule has 0 saturated carbocycles. The molecule has 0 aliphatic carbocycles. The first-order valence-corrected chi connectivity index (χ1v) is 8.62. The first kappa shape index (κ1) is 17.4. The summed E-state index contributed by atoms with van der Waals surface area (Å²) in [6, 6.07) is 7.87. The van der Waals surface area contributed by atoms with Crippen LogP contribution in [-0.4, -0.2) is 41.2 Å². The third-order valence-corrected chi connectivity index (χ3v) is 4.32. The molecule has 0 spiro atoms. The van der Waals surface area contributed by atoms with Gasteiger partial charge in [0, 0.05) is 25.6 Å². The number of methoxy groups -OCH3 is 1. The lowest BCUT2D eigenvalue weighted by Gasteiger charge is -2.17. The van der Waals surface area contributed by atoms with E-state index in [-0.39, 0.29) is 11.8 Å². The van der Waals surface area contributed by atoms with Crippen LogP contribution in [0.15, 0.2) is 30.5 Å². The maximum atomic E-state index is 12.6. The number of benzene rings is 1. The minimum atomic E-state index is -0.109. The minimum absolute atomic E-state index is 0.0791. The van der Waals surface area contributed by atoms with Gasteiger partial charge in [-0.2, -0.15) is 0 Å². The van der Waals surface area contributed by atoms with Gasteiger partial charge in [-0.15, -0.1) is 5.10 Å². The molecule has 3 rings (SSSR count). The molecule has 134 valence electrons. The van der Waals surface area contributed by atoms with E-state index < -0.39 is 0 Å². The van der Waals surface area contributed by atoms with Crippen molar-refractivity contribution in [3.05, 3.63) is 41.7 Å². The SMILES string of the molecule is COc1ccc(C[C@H]2CCn3cc(nn3)COCCCNC2=O)cc1. The molecule has 7 heteroatoms. The van der Waals surface area contributed by atoms with Crippen LogP contribution in [0.5, 0.6) is 5.75 Å². The lowest BCUT2D eigenvalue weighted by molar-refractivity contribution is -0.125. The summed E-state index contributed by atoms with van der Waals surface area (Å²) in [6.45, 7) is 2.34. The number of fused-ring (bicyclic) bond motifs is 2. The highest BCUT2D eigenvalue weighted by Gasteiger charge is 2.19. The topological polar surface area (TPSA) is 78.3 Å². The lowest BCUT2D eigenvalue weighted by Crippen LogP contribution is -2.33. The third-order valence-electron chi connectivity index (χ3n) is 4.32. The van der Waals surface area contributed by atoms with Crippen molar-refractivity contribution in [3.8, 4) is 5.75 Å². The molecule has 2 aromatic rings. The average Bonchev–Trinajstić information content (AvgIpc) is 3.09. The predicted molar refractivity (Wildman–Crippen MR) is 92.1 cm³/mol. The summed E-state index contributed by atoms with van der Waals surface area (Å²) in [6.07, 6.45) is 4.07. The van der Waals surface area contributed by atoms with E-state index in [0.29, 0.717) is 39.1 Å². The van der Waals surface area contributed by atoms with Crippen LogP contribution in [0.25, 0.3) is 0 Å². The van der Waals surface area contributed by atoms with E-state index in [1.807, 2.05) is 30.5 Å². The Kier molecular flexibility index (Phi) is 6.00. The molecule has 0 radical (unpaired) electrons. The predicted octanol–water partition coefficient (Wildman–Crippen LogP) is 1.57. The van der Waals surface area contributed by atoms with Gasteiger partial charge < -0.3 is 14.8 Å². The largest absolute Gasteiger partial charge is 0.497 e. The van der Waals surface area contributed by atoms with E-state index in [1.165, 1.54) is 0 Å². The van der Waals surface area contributed by atoms with E-state index in [9.17, 15) is 4.79 Å². The maximum Gasteiger partial charge on any atom is 0.223 e. The molecule has 1 atom stereocenters. The summed E-state index contributed by atoms with van der Waals surface area (Å²) < 4.78 is 12.5. The maximum absolute atomic E-state index is 12.6. The Morgan fingerprint density at radius 3 is 3.00 bits per heavy atom. The van der Waals surface area contributed by atoms with Gasteiger partial charge in [-0.3, -0.25) is 9.48 Å². The number of aryl methyl sites for hydroxylation is 1. The number of ether oxygens (including phenoxy) is 2. The van der Waals surface area contributed by atoms with Gasteiger partial charge >= 0.3 is 0 Å². The van der Waals surface area contributed by atoms with Crippen LogP contribution in [0.1, 0.15) is 24.1 Å². The van der Waals surface area contributed by atoms with Gasteiger partial charge in [-0.05, 0) is 37.0 Å². The third kappa shape index (κ3) is 5.03. The molecule has 2 bridgehead atoms. The summed E-state index contributed by atoms with van der Waals surface area (Å²) in [5, 5.41) is 11.2. The molecule has 1 aliphatic rings. The quantitative estimate of drug-likeness (QED) is 0.914. The number of rotatable bonds is 3. The number of hydrogen-bond acceptors (Lipinski definition) is 5. The fourth-order valence-corrected chi connectivity index (χ4v) is 2.88. The van der Waals surface area contributed by atoms with Crippen LogP contribution >= 0.6 is 0 Å². The Morgan fingerprint density at radius 1 is 1.36 bits per heavy atom. The highest BCUT2D eigenvalue weighted by molar-refractivity contribution is 5.78. The van der Waals surface area contributed by atoms with Gasteiger partial charge in [0.25, 0.3) is 0 Å². The number of carbonyl (C=O) groups excluding carboxylic acids is 1. The number of hydrogen-bond donors (Lipinski definition) is 1. The van der Waals surface area contributed by atoms with Gasteiger partial charge in [0.15, 0.2) is 0 Å². The van der Waals surface area contributed by atoms with E-state index in [4.69, 9.17) is 9.47 Å². The number of carbonyl (C=O) groups is 1. The first-order chi connectivity index (χ1) is 12.2. The monoisotopic (exact) mass is 344 g/mol.